The van der Waals surface area contributed by atoms with Gasteiger partial charge in [-0.3, -0.25) is 4.79 Å². The Morgan fingerprint density at radius 1 is 0.892 bits per heavy atom. The van der Waals surface area contributed by atoms with E-state index >= 15 is 0 Å². The Morgan fingerprint density at radius 2 is 1.59 bits per heavy atom. The normalized spacial score (nSPS) is 13.8. The first-order chi connectivity index (χ1) is 18.0. The van der Waals surface area contributed by atoms with Crippen LogP contribution in [0.5, 0.6) is 0 Å². The minimum atomic E-state index is -0.431. The van der Waals surface area contributed by atoms with E-state index in [4.69, 9.17) is 5.10 Å². The minimum Gasteiger partial charge on any atom is -0.346 e. The van der Waals surface area contributed by atoms with Gasteiger partial charge in [-0.05, 0) is 47.7 Å². The molecule has 0 saturated carbocycles. The van der Waals surface area contributed by atoms with Crippen LogP contribution >= 0.6 is 0 Å². The van der Waals surface area contributed by atoms with Gasteiger partial charge in [0.25, 0.3) is 5.91 Å². The van der Waals surface area contributed by atoms with E-state index in [1.54, 1.807) is 4.80 Å². The van der Waals surface area contributed by atoms with Crippen LogP contribution in [-0.2, 0) is 16.9 Å². The van der Waals surface area contributed by atoms with Crippen molar-refractivity contribution in [2.45, 2.75) is 52.1 Å². The number of hydrogen-bond donors (Lipinski definition) is 0. The van der Waals surface area contributed by atoms with Crippen molar-refractivity contribution < 1.29 is 4.79 Å². The van der Waals surface area contributed by atoms with Gasteiger partial charge in [0.15, 0.2) is 0 Å². The summed E-state index contributed by atoms with van der Waals surface area (Å²) in [6.07, 6.45) is 2.98. The van der Waals surface area contributed by atoms with Crippen LogP contribution in [-0.4, -0.2) is 43.4 Å². The second-order valence-corrected chi connectivity index (χ2v) is 9.95. The Kier molecular flexibility index (Phi) is 6.95. The number of nitrogens with zero attached hydrogens (tertiary/aromatic N) is 6. The fourth-order valence-electron chi connectivity index (χ4n) is 4.66. The van der Waals surface area contributed by atoms with E-state index in [2.05, 4.69) is 83.4 Å². The summed E-state index contributed by atoms with van der Waals surface area (Å²) in [5.74, 6) is 1.46. The van der Waals surface area contributed by atoms with Crippen molar-refractivity contribution in [3.05, 3.63) is 90.0 Å². The molecule has 0 atom stereocenters. The molecule has 2 heterocycles. The highest BCUT2D eigenvalue weighted by molar-refractivity contribution is 6.01. The molecule has 1 aromatic heterocycles. The summed E-state index contributed by atoms with van der Waals surface area (Å²) in [6.45, 7) is 7.37. The number of benzene rings is 3. The number of aliphatic imine (C=N–C) groups is 1. The Bertz CT molecular complexity index is 1410. The maximum absolute atomic E-state index is 11.9. The number of unbranched alkanes of at least 4 members (excludes halogenated alkanes) is 1. The topological polar surface area (TPSA) is 76.3 Å². The molecule has 1 aliphatic heterocycles. The highest BCUT2D eigenvalue weighted by Gasteiger charge is 2.27. The molecule has 0 aliphatic carbocycles. The van der Waals surface area contributed by atoms with E-state index in [0.29, 0.717) is 18.9 Å². The summed E-state index contributed by atoms with van der Waals surface area (Å²) in [7, 11) is 0. The monoisotopic (exact) mass is 492 g/mol. The molecule has 0 N–H and O–H groups in total. The van der Waals surface area contributed by atoms with Gasteiger partial charge >= 0.3 is 0 Å². The molecule has 0 bridgehead atoms. The van der Waals surface area contributed by atoms with Gasteiger partial charge in [-0.15, -0.1) is 10.2 Å². The number of aromatic nitrogens is 4. The van der Waals surface area contributed by atoms with E-state index in [1.807, 2.05) is 36.4 Å². The van der Waals surface area contributed by atoms with E-state index in [9.17, 15) is 4.79 Å². The summed E-state index contributed by atoms with van der Waals surface area (Å²) in [5.41, 5.74) is 4.89. The summed E-state index contributed by atoms with van der Waals surface area (Å²) in [5, 5.41) is 13.6. The summed E-state index contributed by atoms with van der Waals surface area (Å²) in [6, 6.07) is 26.8. The molecule has 7 nitrogen and oxygen atoms in total. The van der Waals surface area contributed by atoms with E-state index in [1.165, 1.54) is 0 Å². The van der Waals surface area contributed by atoms with Crippen LogP contribution < -0.4 is 0 Å². The largest absolute Gasteiger partial charge is 0.346 e. The van der Waals surface area contributed by atoms with Crippen LogP contribution in [0.4, 0.5) is 0 Å². The van der Waals surface area contributed by atoms with Gasteiger partial charge in [0.1, 0.15) is 17.9 Å². The first kappa shape index (κ1) is 24.6. The fourth-order valence-corrected chi connectivity index (χ4v) is 4.66. The lowest BCUT2D eigenvalue weighted by Gasteiger charge is -2.23. The second kappa shape index (κ2) is 10.5. The van der Waals surface area contributed by atoms with Crippen LogP contribution in [0.15, 0.2) is 83.9 Å². The lowest BCUT2D eigenvalue weighted by molar-refractivity contribution is -0.117. The number of hydrogen-bond acceptors (Lipinski definition) is 5. The molecule has 0 saturated heterocycles. The van der Waals surface area contributed by atoms with Crippen LogP contribution in [0, 0.1) is 0 Å². The number of carbonyl (C=O) groups excluding carboxylic acids is 1. The minimum absolute atomic E-state index is 0.0485. The van der Waals surface area contributed by atoms with Gasteiger partial charge in [-0.1, -0.05) is 92.2 Å². The Balaban J connectivity index is 1.37. The first-order valence-corrected chi connectivity index (χ1v) is 12.9. The molecule has 0 fully saturated rings. The highest BCUT2D eigenvalue weighted by atomic mass is 16.2. The molecule has 0 unspecified atom stereocenters. The average Bonchev–Trinajstić information content (AvgIpc) is 3.56. The predicted octanol–water partition coefficient (Wildman–Crippen LogP) is 5.72. The van der Waals surface area contributed by atoms with Crippen molar-refractivity contribution in [1.29, 1.82) is 0 Å². The molecule has 4 aromatic rings. The van der Waals surface area contributed by atoms with Crippen LogP contribution in [0.3, 0.4) is 0 Å². The molecule has 3 aromatic carbocycles. The molecule has 7 heteroatoms. The standard InChI is InChI=1S/C30H32N6O/c1-4-5-15-27-31-28(37)21-35(27)20-22-16-18-23(19-17-22)25-13-9-10-14-26(25)29-32-34-36(33-29)30(2,3)24-11-7-6-8-12-24/h6-14,16-19H,4-5,15,20-21H2,1-3H3. The molecule has 188 valence electrons. The molecule has 1 amide bonds. The van der Waals surface area contributed by atoms with Gasteiger partial charge in [-0.2, -0.15) is 9.79 Å². The lowest BCUT2D eigenvalue weighted by Crippen LogP contribution is -2.30. The zero-order valence-electron chi connectivity index (χ0n) is 21.6. The van der Waals surface area contributed by atoms with Crippen molar-refractivity contribution in [3.8, 4) is 22.5 Å². The van der Waals surface area contributed by atoms with Crippen molar-refractivity contribution >= 4 is 11.7 Å². The van der Waals surface area contributed by atoms with Crippen molar-refractivity contribution in [2.75, 3.05) is 6.54 Å². The average molecular weight is 493 g/mol. The second-order valence-electron chi connectivity index (χ2n) is 9.95. The molecular formula is C30H32N6O. The van der Waals surface area contributed by atoms with E-state index in [0.717, 1.165) is 52.9 Å². The first-order valence-electron chi connectivity index (χ1n) is 12.9. The molecular weight excluding hydrogens is 460 g/mol. The predicted molar refractivity (Wildman–Crippen MR) is 146 cm³/mol. The number of tetrazole rings is 1. The van der Waals surface area contributed by atoms with Crippen LogP contribution in [0.1, 0.15) is 51.2 Å². The van der Waals surface area contributed by atoms with Crippen LogP contribution in [0.25, 0.3) is 22.5 Å². The third-order valence-electron chi connectivity index (χ3n) is 6.90. The highest BCUT2D eigenvalue weighted by Crippen LogP contribution is 2.31. The van der Waals surface area contributed by atoms with E-state index in [-0.39, 0.29) is 5.91 Å². The molecule has 1 aliphatic rings. The SMILES string of the molecule is CCCCC1=NC(=O)CN1Cc1ccc(-c2ccccc2-c2nnn(C(C)(C)c3ccccc3)n2)cc1. The zero-order valence-corrected chi connectivity index (χ0v) is 21.6. The number of carbonyl (C=O) groups is 1. The zero-order chi connectivity index (χ0) is 25.8. The van der Waals surface area contributed by atoms with Gasteiger partial charge < -0.3 is 4.90 Å². The van der Waals surface area contributed by atoms with E-state index < -0.39 is 5.54 Å². The third kappa shape index (κ3) is 5.21. The summed E-state index contributed by atoms with van der Waals surface area (Å²) in [4.78, 5) is 19.9. The Hall–Kier alpha value is -4.13. The molecule has 0 radical (unpaired) electrons. The van der Waals surface area contributed by atoms with Gasteiger partial charge in [0, 0.05) is 18.5 Å². The molecule has 0 spiro atoms. The summed E-state index contributed by atoms with van der Waals surface area (Å²) < 4.78 is 0. The van der Waals surface area contributed by atoms with Gasteiger partial charge in [-0.25, -0.2) is 0 Å². The molecule has 37 heavy (non-hydrogen) atoms. The van der Waals surface area contributed by atoms with Gasteiger partial charge in [0.2, 0.25) is 5.82 Å². The number of amides is 1. The number of amidine groups is 1. The third-order valence-corrected chi connectivity index (χ3v) is 6.90. The lowest BCUT2D eigenvalue weighted by atomic mass is 9.95. The Labute approximate surface area is 217 Å². The Morgan fingerprint density at radius 3 is 2.32 bits per heavy atom. The number of rotatable bonds is 9. The quantitative estimate of drug-likeness (QED) is 0.299. The maximum Gasteiger partial charge on any atom is 0.266 e. The van der Waals surface area contributed by atoms with Crippen molar-refractivity contribution in [1.82, 2.24) is 25.1 Å². The van der Waals surface area contributed by atoms with Gasteiger partial charge in [0.05, 0.1) is 0 Å². The molecule has 5 rings (SSSR count). The summed E-state index contributed by atoms with van der Waals surface area (Å²) >= 11 is 0. The smallest absolute Gasteiger partial charge is 0.266 e. The maximum atomic E-state index is 11.9. The fraction of sp³-hybridized carbons (Fsp3) is 0.300. The van der Waals surface area contributed by atoms with Crippen LogP contribution in [0.2, 0.25) is 0 Å². The van der Waals surface area contributed by atoms with Crippen molar-refractivity contribution in [3.63, 3.8) is 0 Å². The van der Waals surface area contributed by atoms with Crippen molar-refractivity contribution in [2.24, 2.45) is 4.99 Å².